The zero-order chi connectivity index (χ0) is 19.4. The number of rotatable bonds is 3. The number of aromatic nitrogens is 4. The van der Waals surface area contributed by atoms with Gasteiger partial charge in [-0.2, -0.15) is 5.10 Å². The summed E-state index contributed by atoms with van der Waals surface area (Å²) in [5, 5.41) is 3.93. The van der Waals surface area contributed by atoms with E-state index in [1.54, 1.807) is 13.0 Å². The lowest BCUT2D eigenvalue weighted by molar-refractivity contribution is 0.0839. The lowest BCUT2D eigenvalue weighted by Crippen LogP contribution is -2.44. The van der Waals surface area contributed by atoms with Crippen LogP contribution in [0.15, 0.2) is 53.7 Å². The third kappa shape index (κ3) is 3.84. The Bertz CT molecular complexity index is 1070. The molecule has 0 aliphatic rings. The molecule has 1 aromatic carbocycles. The minimum Gasteiger partial charge on any atom is -0.287 e. The Morgan fingerprint density at radius 3 is 2.56 bits per heavy atom. The van der Waals surface area contributed by atoms with Crippen LogP contribution >= 0.6 is 0 Å². The Labute approximate surface area is 151 Å². The first kappa shape index (κ1) is 17.9. The molecule has 0 radical (unpaired) electrons. The minimum atomic E-state index is -0.956. The zero-order valence-electron chi connectivity index (χ0n) is 14.0. The molecule has 3 aromatic rings. The second-order valence-electron chi connectivity index (χ2n) is 5.36. The van der Waals surface area contributed by atoms with Crippen molar-refractivity contribution < 1.29 is 14.0 Å². The van der Waals surface area contributed by atoms with Crippen LogP contribution in [0.1, 0.15) is 26.7 Å². The van der Waals surface area contributed by atoms with E-state index in [0.29, 0.717) is 5.69 Å². The lowest BCUT2D eigenvalue weighted by atomic mass is 10.2. The molecule has 0 unspecified atom stereocenters. The third-order valence-electron chi connectivity index (χ3n) is 3.49. The number of nitrogens with zero attached hydrogens (tertiary/aromatic N) is 4. The van der Waals surface area contributed by atoms with E-state index in [1.807, 2.05) is 0 Å². The van der Waals surface area contributed by atoms with Gasteiger partial charge < -0.3 is 0 Å². The van der Waals surface area contributed by atoms with E-state index in [0.717, 1.165) is 10.7 Å². The third-order valence-corrected chi connectivity index (χ3v) is 3.49. The number of hydrogen-bond acceptors (Lipinski definition) is 6. The van der Waals surface area contributed by atoms with E-state index in [-0.39, 0.29) is 11.4 Å². The first-order valence-electron chi connectivity index (χ1n) is 7.70. The zero-order valence-corrected chi connectivity index (χ0v) is 14.0. The van der Waals surface area contributed by atoms with Crippen molar-refractivity contribution in [1.29, 1.82) is 0 Å². The van der Waals surface area contributed by atoms with Gasteiger partial charge in [-0.3, -0.25) is 30.2 Å². The summed E-state index contributed by atoms with van der Waals surface area (Å²) in [4.78, 5) is 43.7. The topological polar surface area (TPSA) is 119 Å². The predicted molar refractivity (Wildman–Crippen MR) is 91.5 cm³/mol. The van der Waals surface area contributed by atoms with Crippen LogP contribution in [0.4, 0.5) is 4.39 Å². The monoisotopic (exact) mass is 368 g/mol. The highest BCUT2D eigenvalue weighted by Gasteiger charge is 2.17. The second kappa shape index (κ2) is 7.52. The molecular weight excluding hydrogens is 355 g/mol. The first-order chi connectivity index (χ1) is 13.0. The molecule has 0 spiro atoms. The quantitative estimate of drug-likeness (QED) is 0.652. The number of nitrogens with one attached hydrogen (secondary N) is 2. The summed E-state index contributed by atoms with van der Waals surface area (Å²) in [7, 11) is 0. The van der Waals surface area contributed by atoms with Crippen LogP contribution in [-0.4, -0.2) is 31.6 Å². The SMILES string of the molecule is Cc1cc(=O)c(C(=O)NNC(=O)c2cnccn2)nn1-c1ccccc1F. The van der Waals surface area contributed by atoms with E-state index < -0.39 is 28.8 Å². The molecule has 0 aliphatic carbocycles. The molecule has 0 saturated carbocycles. The molecule has 0 bridgehead atoms. The Morgan fingerprint density at radius 1 is 1.11 bits per heavy atom. The van der Waals surface area contributed by atoms with E-state index in [2.05, 4.69) is 25.9 Å². The number of carbonyl (C=O) groups is 2. The molecule has 2 heterocycles. The van der Waals surface area contributed by atoms with Crippen LogP contribution in [0, 0.1) is 12.7 Å². The van der Waals surface area contributed by atoms with Gasteiger partial charge in [-0.25, -0.2) is 14.1 Å². The van der Waals surface area contributed by atoms with Gasteiger partial charge >= 0.3 is 0 Å². The van der Waals surface area contributed by atoms with Gasteiger partial charge in [0.25, 0.3) is 11.8 Å². The molecule has 2 aromatic heterocycles. The first-order valence-corrected chi connectivity index (χ1v) is 7.70. The number of hydrazine groups is 1. The summed E-state index contributed by atoms with van der Waals surface area (Å²) >= 11 is 0. The van der Waals surface area contributed by atoms with Gasteiger partial charge in [-0.1, -0.05) is 12.1 Å². The summed E-state index contributed by atoms with van der Waals surface area (Å²) in [6, 6.07) is 6.94. The van der Waals surface area contributed by atoms with Gasteiger partial charge in [0, 0.05) is 24.2 Å². The molecule has 27 heavy (non-hydrogen) atoms. The normalized spacial score (nSPS) is 10.3. The molecule has 0 saturated heterocycles. The molecule has 0 fully saturated rings. The number of benzene rings is 1. The highest BCUT2D eigenvalue weighted by Crippen LogP contribution is 2.12. The van der Waals surface area contributed by atoms with Gasteiger partial charge in [-0.05, 0) is 19.1 Å². The van der Waals surface area contributed by atoms with Crippen LogP contribution in [0.5, 0.6) is 0 Å². The summed E-state index contributed by atoms with van der Waals surface area (Å²) in [5.74, 6) is -2.25. The van der Waals surface area contributed by atoms with Gasteiger partial charge in [-0.15, -0.1) is 0 Å². The van der Waals surface area contributed by atoms with Crippen LogP contribution in [-0.2, 0) is 0 Å². The van der Waals surface area contributed by atoms with Crippen molar-refractivity contribution in [1.82, 2.24) is 30.6 Å². The van der Waals surface area contributed by atoms with Crippen molar-refractivity contribution in [2.75, 3.05) is 0 Å². The van der Waals surface area contributed by atoms with Crippen LogP contribution < -0.4 is 16.3 Å². The van der Waals surface area contributed by atoms with Crippen molar-refractivity contribution in [3.05, 3.63) is 82.0 Å². The predicted octanol–water partition coefficient (Wildman–Crippen LogP) is 0.545. The maximum absolute atomic E-state index is 14.0. The molecule has 3 rings (SSSR count). The Kier molecular flexibility index (Phi) is 4.97. The van der Waals surface area contributed by atoms with E-state index in [9.17, 15) is 18.8 Å². The Balaban J connectivity index is 1.85. The number of aryl methyl sites for hydroxylation is 1. The minimum absolute atomic E-state index is 0.0292. The maximum Gasteiger partial charge on any atom is 0.294 e. The molecule has 2 N–H and O–H groups in total. The molecule has 0 atom stereocenters. The van der Waals surface area contributed by atoms with Crippen molar-refractivity contribution in [3.8, 4) is 5.69 Å². The van der Waals surface area contributed by atoms with Crippen LogP contribution in [0.3, 0.4) is 0 Å². The van der Waals surface area contributed by atoms with Gasteiger partial charge in [0.05, 0.1) is 6.20 Å². The molecule has 9 nitrogen and oxygen atoms in total. The van der Waals surface area contributed by atoms with Gasteiger partial charge in [0.1, 0.15) is 17.2 Å². The molecular formula is C17H13FN6O3. The maximum atomic E-state index is 14.0. The van der Waals surface area contributed by atoms with E-state index in [1.165, 1.54) is 36.8 Å². The molecule has 136 valence electrons. The van der Waals surface area contributed by atoms with Crippen molar-refractivity contribution in [3.63, 3.8) is 0 Å². The Morgan fingerprint density at radius 2 is 1.85 bits per heavy atom. The molecule has 2 amide bonds. The number of halogens is 1. The highest BCUT2D eigenvalue weighted by atomic mass is 19.1. The Hall–Kier alpha value is -3.95. The number of carbonyl (C=O) groups excluding carboxylic acids is 2. The fourth-order valence-electron chi connectivity index (χ4n) is 2.23. The second-order valence-corrected chi connectivity index (χ2v) is 5.36. The number of amides is 2. The summed E-state index contributed by atoms with van der Waals surface area (Å²) < 4.78 is 15.2. The van der Waals surface area contributed by atoms with Crippen LogP contribution in [0.2, 0.25) is 0 Å². The summed E-state index contributed by atoms with van der Waals surface area (Å²) in [5.41, 5.74) is 3.38. The number of para-hydroxylation sites is 1. The van der Waals surface area contributed by atoms with Gasteiger partial charge in [0.15, 0.2) is 5.69 Å². The molecule has 10 heteroatoms. The van der Waals surface area contributed by atoms with E-state index in [4.69, 9.17) is 0 Å². The fraction of sp³-hybridized carbons (Fsp3) is 0.0588. The smallest absolute Gasteiger partial charge is 0.287 e. The summed E-state index contributed by atoms with van der Waals surface area (Å²) in [6.45, 7) is 1.55. The van der Waals surface area contributed by atoms with Crippen LogP contribution in [0.25, 0.3) is 5.69 Å². The van der Waals surface area contributed by atoms with Gasteiger partial charge in [0.2, 0.25) is 5.43 Å². The van der Waals surface area contributed by atoms with E-state index >= 15 is 0 Å². The number of hydrogen-bond donors (Lipinski definition) is 2. The fourth-order valence-corrected chi connectivity index (χ4v) is 2.23. The summed E-state index contributed by atoms with van der Waals surface area (Å²) in [6.07, 6.45) is 3.90. The average molecular weight is 368 g/mol. The lowest BCUT2D eigenvalue weighted by Gasteiger charge is -2.12. The van der Waals surface area contributed by atoms with Crippen molar-refractivity contribution in [2.45, 2.75) is 6.92 Å². The molecule has 0 aliphatic heterocycles. The largest absolute Gasteiger partial charge is 0.294 e. The van der Waals surface area contributed by atoms with Crippen molar-refractivity contribution in [2.24, 2.45) is 0 Å². The van der Waals surface area contributed by atoms with Crippen molar-refractivity contribution >= 4 is 11.8 Å². The highest BCUT2D eigenvalue weighted by molar-refractivity contribution is 5.97. The standard InChI is InChI=1S/C17H13FN6O3/c1-10-8-14(25)15(23-24(10)13-5-3-2-4-11(13)18)17(27)22-21-16(26)12-9-19-6-7-20-12/h2-9H,1H3,(H,21,26)(H,22,27). The average Bonchev–Trinajstić information content (AvgIpc) is 2.67.